The van der Waals surface area contributed by atoms with E-state index >= 15 is 0 Å². The zero-order valence-corrected chi connectivity index (χ0v) is 11.6. The average Bonchev–Trinajstić information content (AvgIpc) is 2.15. The van der Waals surface area contributed by atoms with Crippen LogP contribution in [0.25, 0.3) is 0 Å². The van der Waals surface area contributed by atoms with Crippen LogP contribution in [0.2, 0.25) is 0 Å². The van der Waals surface area contributed by atoms with E-state index < -0.39 is 0 Å². The summed E-state index contributed by atoms with van der Waals surface area (Å²) in [6.07, 6.45) is 6.22. The summed E-state index contributed by atoms with van der Waals surface area (Å²) in [4.78, 5) is 0. The molecule has 0 saturated carbocycles. The maximum Gasteiger partial charge on any atom is 0.161 e. The fourth-order valence-corrected chi connectivity index (χ4v) is 2.57. The summed E-state index contributed by atoms with van der Waals surface area (Å²) < 4.78 is 12.0. The van der Waals surface area contributed by atoms with Crippen LogP contribution in [0.3, 0.4) is 0 Å². The van der Waals surface area contributed by atoms with Gasteiger partial charge < -0.3 is 9.47 Å². The third-order valence-electron chi connectivity index (χ3n) is 3.42. The lowest BCUT2D eigenvalue weighted by molar-refractivity contribution is -0.288. The van der Waals surface area contributed by atoms with E-state index in [1.807, 2.05) is 0 Å². The number of unbranched alkanes of at least 4 members (excludes halogenated alkanes) is 1. The molecule has 0 spiro atoms. The van der Waals surface area contributed by atoms with Gasteiger partial charge in [0.15, 0.2) is 6.29 Å². The van der Waals surface area contributed by atoms with Crippen LogP contribution < -0.4 is 0 Å². The predicted molar refractivity (Wildman–Crippen MR) is 67.4 cm³/mol. The number of hydrogen-bond donors (Lipinski definition) is 0. The molecule has 0 unspecified atom stereocenters. The molecule has 0 aromatic carbocycles. The van der Waals surface area contributed by atoms with Crippen LogP contribution >= 0.6 is 0 Å². The Balaban J connectivity index is 2.55. The van der Waals surface area contributed by atoms with Crippen molar-refractivity contribution in [1.29, 1.82) is 0 Å². The van der Waals surface area contributed by atoms with E-state index in [0.717, 1.165) is 12.8 Å². The summed E-state index contributed by atoms with van der Waals surface area (Å²) in [5.41, 5.74) is -0.0258. The van der Waals surface area contributed by atoms with Crippen molar-refractivity contribution in [3.63, 3.8) is 0 Å². The normalized spacial score (nSPS) is 31.3. The first-order valence-corrected chi connectivity index (χ1v) is 6.81. The van der Waals surface area contributed by atoms with Gasteiger partial charge in [0, 0.05) is 12.3 Å². The number of ether oxygens (including phenoxy) is 2. The second-order valence-corrected chi connectivity index (χ2v) is 5.71. The molecule has 0 amide bonds. The summed E-state index contributed by atoms with van der Waals surface area (Å²) in [5, 5.41) is 0. The zero-order chi connectivity index (χ0) is 12.2. The molecule has 0 aliphatic carbocycles. The molecule has 0 N–H and O–H groups in total. The molecule has 16 heavy (non-hydrogen) atoms. The Morgan fingerprint density at radius 1 is 1.31 bits per heavy atom. The quantitative estimate of drug-likeness (QED) is 0.704. The first-order valence-electron chi connectivity index (χ1n) is 6.81. The van der Waals surface area contributed by atoms with Crippen molar-refractivity contribution in [2.75, 3.05) is 0 Å². The summed E-state index contributed by atoms with van der Waals surface area (Å²) in [5.74, 6) is 0.557. The van der Waals surface area contributed by atoms with Gasteiger partial charge in [0.05, 0.1) is 11.7 Å². The summed E-state index contributed by atoms with van der Waals surface area (Å²) >= 11 is 0. The third-order valence-corrected chi connectivity index (χ3v) is 3.42. The highest BCUT2D eigenvalue weighted by molar-refractivity contribution is 4.79. The highest BCUT2D eigenvalue weighted by atomic mass is 16.7. The smallest absolute Gasteiger partial charge is 0.161 e. The molecule has 1 fully saturated rings. The first kappa shape index (κ1) is 14.0. The van der Waals surface area contributed by atoms with Gasteiger partial charge in [-0.15, -0.1) is 0 Å². The van der Waals surface area contributed by atoms with E-state index in [4.69, 9.17) is 9.47 Å². The van der Waals surface area contributed by atoms with E-state index in [0.29, 0.717) is 12.0 Å². The zero-order valence-electron chi connectivity index (χ0n) is 11.6. The molecular formula is C14H28O2. The molecule has 3 atom stereocenters. The predicted octanol–water partition coefficient (Wildman–Crippen LogP) is 4.13. The van der Waals surface area contributed by atoms with Gasteiger partial charge in [-0.1, -0.05) is 26.7 Å². The Morgan fingerprint density at radius 2 is 2.00 bits per heavy atom. The molecule has 96 valence electrons. The molecule has 1 saturated heterocycles. The average molecular weight is 228 g/mol. The maximum atomic E-state index is 6.07. The second kappa shape index (κ2) is 6.02. The molecule has 1 aliphatic rings. The third kappa shape index (κ3) is 4.06. The van der Waals surface area contributed by atoms with Crippen molar-refractivity contribution < 1.29 is 9.47 Å². The van der Waals surface area contributed by atoms with E-state index in [9.17, 15) is 0 Å². The van der Waals surface area contributed by atoms with Gasteiger partial charge in [0.2, 0.25) is 0 Å². The van der Waals surface area contributed by atoms with Crippen molar-refractivity contribution in [3.05, 3.63) is 0 Å². The Morgan fingerprint density at radius 3 is 2.50 bits per heavy atom. The van der Waals surface area contributed by atoms with Gasteiger partial charge in [-0.2, -0.15) is 0 Å². The lowest BCUT2D eigenvalue weighted by Gasteiger charge is -2.42. The number of hydrogen-bond acceptors (Lipinski definition) is 2. The number of rotatable bonds is 5. The van der Waals surface area contributed by atoms with Crippen LogP contribution in [-0.2, 0) is 9.47 Å². The Kier molecular flexibility index (Phi) is 5.26. The van der Waals surface area contributed by atoms with Crippen LogP contribution in [0.5, 0.6) is 0 Å². The Hall–Kier alpha value is -0.0800. The molecule has 0 aromatic heterocycles. The van der Waals surface area contributed by atoms with Gasteiger partial charge in [0.1, 0.15) is 0 Å². The van der Waals surface area contributed by atoms with Crippen molar-refractivity contribution in [2.45, 2.75) is 84.7 Å². The van der Waals surface area contributed by atoms with Gasteiger partial charge in [-0.25, -0.2) is 0 Å². The molecule has 0 radical (unpaired) electrons. The lowest BCUT2D eigenvalue weighted by Crippen LogP contribution is -2.46. The highest BCUT2D eigenvalue weighted by Gasteiger charge is 2.36. The van der Waals surface area contributed by atoms with Crippen molar-refractivity contribution >= 4 is 0 Å². The summed E-state index contributed by atoms with van der Waals surface area (Å²) in [6, 6.07) is 0. The van der Waals surface area contributed by atoms with Crippen molar-refractivity contribution in [2.24, 2.45) is 5.92 Å². The van der Waals surface area contributed by atoms with Gasteiger partial charge in [-0.3, -0.25) is 0 Å². The van der Waals surface area contributed by atoms with E-state index in [1.54, 1.807) is 0 Å². The van der Waals surface area contributed by atoms with Gasteiger partial charge >= 0.3 is 0 Å². The maximum absolute atomic E-state index is 6.07. The molecule has 1 heterocycles. The summed E-state index contributed by atoms with van der Waals surface area (Å²) in [7, 11) is 0. The molecule has 0 aromatic rings. The molecule has 1 aliphatic heterocycles. The molecule has 1 rings (SSSR count). The largest absolute Gasteiger partial charge is 0.349 e. The second-order valence-electron chi connectivity index (χ2n) is 5.71. The fraction of sp³-hybridized carbons (Fsp3) is 1.00. The van der Waals surface area contributed by atoms with Crippen molar-refractivity contribution in [1.82, 2.24) is 0 Å². The van der Waals surface area contributed by atoms with E-state index in [1.165, 1.54) is 19.3 Å². The molecule has 0 bridgehead atoms. The van der Waals surface area contributed by atoms with Crippen LogP contribution in [0, 0.1) is 5.92 Å². The van der Waals surface area contributed by atoms with E-state index in [2.05, 4.69) is 34.6 Å². The minimum Gasteiger partial charge on any atom is -0.349 e. The van der Waals surface area contributed by atoms with Gasteiger partial charge in [0.25, 0.3) is 0 Å². The minimum atomic E-state index is -0.0258. The lowest BCUT2D eigenvalue weighted by atomic mass is 9.94. The molecular weight excluding hydrogens is 200 g/mol. The van der Waals surface area contributed by atoms with Crippen molar-refractivity contribution in [3.8, 4) is 0 Å². The van der Waals surface area contributed by atoms with Crippen LogP contribution in [-0.4, -0.2) is 18.0 Å². The first-order chi connectivity index (χ1) is 7.48. The standard InChI is InChI=1S/C14H28O2/c1-6-8-9-12(7-2)13-15-11(3)10-14(4,5)16-13/h11-13H,6-10H2,1-5H3/t11-,12-,13-/m0/s1. The topological polar surface area (TPSA) is 18.5 Å². The SMILES string of the molecule is CCCC[C@H](CC)[C@H]1O[C@@H](C)CC(C)(C)O1. The van der Waals surface area contributed by atoms with E-state index in [-0.39, 0.29) is 11.9 Å². The monoisotopic (exact) mass is 228 g/mol. The Labute approximate surface area is 101 Å². The minimum absolute atomic E-state index is 0.00954. The molecule has 2 heteroatoms. The van der Waals surface area contributed by atoms with Gasteiger partial charge in [-0.05, 0) is 33.6 Å². The van der Waals surface area contributed by atoms with Crippen LogP contribution in [0.1, 0.15) is 66.7 Å². The summed E-state index contributed by atoms with van der Waals surface area (Å²) in [6.45, 7) is 11.0. The highest BCUT2D eigenvalue weighted by Crippen LogP contribution is 2.33. The Bertz CT molecular complexity index is 201. The van der Waals surface area contributed by atoms with Crippen LogP contribution in [0.4, 0.5) is 0 Å². The molecule has 2 nitrogen and oxygen atoms in total. The fourth-order valence-electron chi connectivity index (χ4n) is 2.57. The van der Waals surface area contributed by atoms with Crippen LogP contribution in [0.15, 0.2) is 0 Å².